The van der Waals surface area contributed by atoms with Crippen molar-refractivity contribution in [2.75, 3.05) is 0 Å². The Morgan fingerprint density at radius 3 is 2.21 bits per heavy atom. The summed E-state index contributed by atoms with van der Waals surface area (Å²) in [6.45, 7) is 0. The van der Waals surface area contributed by atoms with Gasteiger partial charge in [0.2, 0.25) is 0 Å². The molecule has 0 fully saturated rings. The van der Waals surface area contributed by atoms with Crippen molar-refractivity contribution in [1.29, 1.82) is 0 Å². The first kappa shape index (κ1) is 11.0. The molecule has 0 unspecified atom stereocenters. The maximum Gasteiger partial charge on any atom is 0.194 e. The summed E-state index contributed by atoms with van der Waals surface area (Å²) in [7, 11) is -3.71. The van der Waals surface area contributed by atoms with Crippen LogP contribution in [-0.2, 0) is 15.6 Å². The molecular weight excluding hydrogens is 217 g/mol. The molecule has 0 aliphatic rings. The molecule has 0 spiro atoms. The van der Waals surface area contributed by atoms with Gasteiger partial charge < -0.3 is 0 Å². The molecule has 0 atom stereocenters. The Bertz CT molecular complexity index is 454. The molecule has 1 radical (unpaired) electrons. The lowest BCUT2D eigenvalue weighted by Crippen LogP contribution is -2.03. The Morgan fingerprint density at radius 1 is 1.14 bits per heavy atom. The molecule has 0 aliphatic carbocycles. The minimum atomic E-state index is -3.71. The first-order chi connectivity index (χ1) is 6.31. The van der Waals surface area contributed by atoms with Crippen LogP contribution in [0.4, 0.5) is 13.2 Å². The van der Waals surface area contributed by atoms with Crippen LogP contribution in [0.1, 0.15) is 5.56 Å². The molecule has 77 valence electrons. The molecule has 0 N–H and O–H groups in total. The predicted molar refractivity (Wildman–Crippen MR) is 44.3 cm³/mol. The number of benzene rings is 1. The standard InChI is InChI=1S/C8H6F3O2S/c1-14(12,13)4-5-2-3-6(9)8(11)7(5)10/h2-3H,1,4H2. The molecule has 0 saturated carbocycles. The van der Waals surface area contributed by atoms with Gasteiger partial charge in [-0.25, -0.2) is 21.6 Å². The molecule has 0 saturated heterocycles. The van der Waals surface area contributed by atoms with Gasteiger partial charge in [0.25, 0.3) is 0 Å². The summed E-state index contributed by atoms with van der Waals surface area (Å²) in [5, 5.41) is 0. The van der Waals surface area contributed by atoms with Gasteiger partial charge in [0.05, 0.1) is 12.0 Å². The molecule has 14 heavy (non-hydrogen) atoms. The second-order valence-electron chi connectivity index (χ2n) is 2.72. The minimum absolute atomic E-state index is 0.432. The predicted octanol–water partition coefficient (Wildman–Crippen LogP) is 1.81. The smallest absolute Gasteiger partial charge is 0.194 e. The number of hydrogen-bond acceptors (Lipinski definition) is 2. The zero-order chi connectivity index (χ0) is 10.9. The van der Waals surface area contributed by atoms with Gasteiger partial charge in [0.1, 0.15) is 0 Å². The van der Waals surface area contributed by atoms with Gasteiger partial charge in [-0.1, -0.05) is 6.07 Å². The minimum Gasteiger partial charge on any atom is -0.228 e. The highest BCUT2D eigenvalue weighted by molar-refractivity contribution is 7.91. The van der Waals surface area contributed by atoms with Crippen LogP contribution in [0.15, 0.2) is 12.1 Å². The second kappa shape index (κ2) is 3.61. The average molecular weight is 223 g/mol. The highest BCUT2D eigenvalue weighted by atomic mass is 32.2. The molecule has 2 nitrogen and oxygen atoms in total. The lowest BCUT2D eigenvalue weighted by Gasteiger charge is -2.02. The van der Waals surface area contributed by atoms with Crippen molar-refractivity contribution in [3.8, 4) is 0 Å². The molecular formula is C8H6F3O2S. The fraction of sp³-hybridized carbons (Fsp3) is 0.125. The van der Waals surface area contributed by atoms with Gasteiger partial charge >= 0.3 is 0 Å². The van der Waals surface area contributed by atoms with Crippen molar-refractivity contribution in [1.82, 2.24) is 0 Å². The first-order valence-corrected chi connectivity index (χ1v) is 5.31. The maximum atomic E-state index is 12.9. The van der Waals surface area contributed by atoms with Crippen LogP contribution in [0.5, 0.6) is 0 Å². The zero-order valence-corrected chi connectivity index (χ0v) is 7.74. The van der Waals surface area contributed by atoms with Crippen molar-refractivity contribution >= 4 is 9.84 Å². The van der Waals surface area contributed by atoms with E-state index in [4.69, 9.17) is 0 Å². The Labute approximate surface area is 79.3 Å². The molecule has 0 heterocycles. The summed E-state index contributed by atoms with van der Waals surface area (Å²) >= 11 is 0. The molecule has 0 aliphatic heterocycles. The third-order valence-corrected chi connectivity index (χ3v) is 2.24. The van der Waals surface area contributed by atoms with E-state index < -0.39 is 38.6 Å². The van der Waals surface area contributed by atoms with E-state index in [-0.39, 0.29) is 0 Å². The van der Waals surface area contributed by atoms with E-state index in [0.29, 0.717) is 6.07 Å². The molecule has 0 bridgehead atoms. The van der Waals surface area contributed by atoms with Gasteiger partial charge in [0.15, 0.2) is 27.3 Å². The summed E-state index contributed by atoms with van der Waals surface area (Å²) in [4.78, 5) is 0. The van der Waals surface area contributed by atoms with Crippen LogP contribution < -0.4 is 0 Å². The van der Waals surface area contributed by atoms with Gasteiger partial charge in [0, 0.05) is 5.56 Å². The summed E-state index contributed by atoms with van der Waals surface area (Å²) in [6, 6.07) is 1.54. The van der Waals surface area contributed by atoms with Crippen LogP contribution in [0.2, 0.25) is 0 Å². The summed E-state index contributed by atoms with van der Waals surface area (Å²) < 4.78 is 59.2. The van der Waals surface area contributed by atoms with Crippen LogP contribution in [0, 0.1) is 23.7 Å². The number of hydrogen-bond donors (Lipinski definition) is 0. The second-order valence-corrected chi connectivity index (χ2v) is 4.50. The van der Waals surface area contributed by atoms with Crippen molar-refractivity contribution in [3.63, 3.8) is 0 Å². The fourth-order valence-electron chi connectivity index (χ4n) is 0.914. The van der Waals surface area contributed by atoms with Crippen LogP contribution in [0.3, 0.4) is 0 Å². The third kappa shape index (κ3) is 2.47. The van der Waals surface area contributed by atoms with Gasteiger partial charge in [-0.15, -0.1) is 0 Å². The highest BCUT2D eigenvalue weighted by Crippen LogP contribution is 2.17. The first-order valence-electron chi connectivity index (χ1n) is 3.49. The maximum absolute atomic E-state index is 12.9. The van der Waals surface area contributed by atoms with E-state index in [9.17, 15) is 21.6 Å². The Kier molecular flexibility index (Phi) is 2.84. The van der Waals surface area contributed by atoms with Crippen LogP contribution in [0.25, 0.3) is 0 Å². The SMILES string of the molecule is [CH2]S(=O)(=O)Cc1ccc(F)c(F)c1F. The lowest BCUT2D eigenvalue weighted by molar-refractivity contribution is 0.442. The van der Waals surface area contributed by atoms with Crippen molar-refractivity contribution in [2.24, 2.45) is 0 Å². The van der Waals surface area contributed by atoms with E-state index in [2.05, 4.69) is 6.26 Å². The summed E-state index contributed by atoms with van der Waals surface area (Å²) in [6.07, 6.45) is 2.75. The van der Waals surface area contributed by atoms with Gasteiger partial charge in [-0.3, -0.25) is 0 Å². The topological polar surface area (TPSA) is 34.1 Å². The Hall–Kier alpha value is -1.04. The fourth-order valence-corrected chi connectivity index (χ4v) is 1.61. The van der Waals surface area contributed by atoms with E-state index in [0.717, 1.165) is 6.07 Å². The average Bonchev–Trinajstić information content (AvgIpc) is 2.04. The number of rotatable bonds is 2. The molecule has 0 aromatic heterocycles. The molecule has 0 amide bonds. The van der Waals surface area contributed by atoms with E-state index in [1.165, 1.54) is 0 Å². The quantitative estimate of drug-likeness (QED) is 0.716. The zero-order valence-electron chi connectivity index (χ0n) is 6.93. The largest absolute Gasteiger partial charge is 0.228 e. The van der Waals surface area contributed by atoms with Crippen LogP contribution >= 0.6 is 0 Å². The molecule has 6 heteroatoms. The van der Waals surface area contributed by atoms with Crippen molar-refractivity contribution < 1.29 is 21.6 Å². The van der Waals surface area contributed by atoms with E-state index in [1.807, 2.05) is 0 Å². The summed E-state index contributed by atoms with van der Waals surface area (Å²) in [5.41, 5.74) is -0.432. The molecule has 1 aromatic carbocycles. The third-order valence-electron chi connectivity index (χ3n) is 1.49. The summed E-state index contributed by atoms with van der Waals surface area (Å²) in [5.74, 6) is -5.27. The monoisotopic (exact) mass is 223 g/mol. The number of sulfone groups is 1. The number of halogens is 3. The van der Waals surface area contributed by atoms with Gasteiger partial charge in [-0.05, 0) is 6.07 Å². The lowest BCUT2D eigenvalue weighted by atomic mass is 10.2. The van der Waals surface area contributed by atoms with E-state index in [1.54, 1.807) is 0 Å². The highest BCUT2D eigenvalue weighted by Gasteiger charge is 2.16. The van der Waals surface area contributed by atoms with Crippen molar-refractivity contribution in [2.45, 2.75) is 5.75 Å². The van der Waals surface area contributed by atoms with Gasteiger partial charge in [-0.2, -0.15) is 0 Å². The van der Waals surface area contributed by atoms with E-state index >= 15 is 0 Å². The normalized spacial score (nSPS) is 11.7. The van der Waals surface area contributed by atoms with Crippen molar-refractivity contribution in [3.05, 3.63) is 41.4 Å². The Balaban J connectivity index is 3.19. The molecule has 1 rings (SSSR count). The Morgan fingerprint density at radius 2 is 1.71 bits per heavy atom. The molecule has 1 aromatic rings. The van der Waals surface area contributed by atoms with Crippen LogP contribution in [-0.4, -0.2) is 8.42 Å².